The minimum absolute atomic E-state index is 0.0172. The Balaban J connectivity index is 1.81. The maximum Gasteiger partial charge on any atom is 0.230 e. The van der Waals surface area contributed by atoms with E-state index in [1.807, 2.05) is 20.0 Å². The largest absolute Gasteiger partial charge is 0.357 e. The highest BCUT2D eigenvalue weighted by Gasteiger charge is 2.14. The second-order valence-electron chi connectivity index (χ2n) is 5.78. The van der Waals surface area contributed by atoms with Crippen LogP contribution >= 0.6 is 11.8 Å². The molecular weight excluding hydrogens is 339 g/mol. The first-order valence-corrected chi connectivity index (χ1v) is 9.07. The molecule has 0 spiro atoms. The van der Waals surface area contributed by atoms with Crippen molar-refractivity contribution in [1.29, 1.82) is 0 Å². The molecule has 130 valence electrons. The molecule has 1 amide bonds. The molecule has 7 heteroatoms. The Morgan fingerprint density at radius 1 is 1.32 bits per heavy atom. The normalized spacial score (nSPS) is 12.3. The lowest BCUT2D eigenvalue weighted by molar-refractivity contribution is -0.119. The van der Waals surface area contributed by atoms with E-state index in [1.165, 1.54) is 30.2 Å². The van der Waals surface area contributed by atoms with Gasteiger partial charge in [0.05, 0.1) is 11.3 Å². The first-order chi connectivity index (χ1) is 12.1. The van der Waals surface area contributed by atoms with Crippen molar-refractivity contribution in [2.45, 2.75) is 31.3 Å². The van der Waals surface area contributed by atoms with E-state index in [9.17, 15) is 9.18 Å². The van der Waals surface area contributed by atoms with Crippen molar-refractivity contribution in [3.8, 4) is 11.1 Å². The van der Waals surface area contributed by atoms with Gasteiger partial charge in [0.1, 0.15) is 22.7 Å². The number of aromatic amines is 1. The zero-order valence-corrected chi connectivity index (χ0v) is 14.9. The highest BCUT2D eigenvalue weighted by atomic mass is 32.2. The Morgan fingerprint density at radius 3 is 2.80 bits per heavy atom. The minimum atomic E-state index is -0.276. The van der Waals surface area contributed by atoms with Gasteiger partial charge >= 0.3 is 0 Å². The number of benzene rings is 1. The molecule has 1 aromatic carbocycles. The SMILES string of the molecule is CC[C@H](C)NC(=O)CSc1ncnc2c(-c3ccc(F)cc3)c[nH]c12. The van der Waals surface area contributed by atoms with Gasteiger partial charge in [0.25, 0.3) is 0 Å². The van der Waals surface area contributed by atoms with Crippen LogP contribution in [0.1, 0.15) is 20.3 Å². The van der Waals surface area contributed by atoms with Gasteiger partial charge in [0, 0.05) is 17.8 Å². The lowest BCUT2D eigenvalue weighted by Crippen LogP contribution is -2.33. The topological polar surface area (TPSA) is 70.7 Å². The molecule has 0 saturated heterocycles. The van der Waals surface area contributed by atoms with E-state index in [-0.39, 0.29) is 17.8 Å². The molecule has 0 saturated carbocycles. The van der Waals surface area contributed by atoms with Crippen LogP contribution < -0.4 is 5.32 Å². The number of amides is 1. The van der Waals surface area contributed by atoms with E-state index in [4.69, 9.17) is 0 Å². The summed E-state index contributed by atoms with van der Waals surface area (Å²) in [7, 11) is 0. The van der Waals surface area contributed by atoms with Gasteiger partial charge in [-0.3, -0.25) is 4.79 Å². The molecule has 25 heavy (non-hydrogen) atoms. The van der Waals surface area contributed by atoms with Crippen molar-refractivity contribution < 1.29 is 9.18 Å². The Labute approximate surface area is 149 Å². The predicted molar refractivity (Wildman–Crippen MR) is 97.9 cm³/mol. The van der Waals surface area contributed by atoms with Gasteiger partial charge in [0.2, 0.25) is 5.91 Å². The van der Waals surface area contributed by atoms with Crippen molar-refractivity contribution in [1.82, 2.24) is 20.3 Å². The van der Waals surface area contributed by atoms with Gasteiger partial charge in [-0.15, -0.1) is 0 Å². The molecule has 0 aliphatic heterocycles. The van der Waals surface area contributed by atoms with Crippen LogP contribution in [-0.2, 0) is 4.79 Å². The number of thioether (sulfide) groups is 1. The van der Waals surface area contributed by atoms with E-state index < -0.39 is 0 Å². The first-order valence-electron chi connectivity index (χ1n) is 8.08. The van der Waals surface area contributed by atoms with E-state index in [1.54, 1.807) is 12.1 Å². The van der Waals surface area contributed by atoms with Crippen LogP contribution in [0.5, 0.6) is 0 Å². The second-order valence-corrected chi connectivity index (χ2v) is 6.74. The van der Waals surface area contributed by atoms with Gasteiger partial charge < -0.3 is 10.3 Å². The maximum absolute atomic E-state index is 13.1. The lowest BCUT2D eigenvalue weighted by Gasteiger charge is -2.10. The van der Waals surface area contributed by atoms with Crippen molar-refractivity contribution in [3.63, 3.8) is 0 Å². The Hall–Kier alpha value is -2.41. The number of hydrogen-bond acceptors (Lipinski definition) is 4. The summed E-state index contributed by atoms with van der Waals surface area (Å²) in [6, 6.07) is 6.43. The summed E-state index contributed by atoms with van der Waals surface area (Å²) in [6.07, 6.45) is 4.21. The molecule has 2 N–H and O–H groups in total. The highest BCUT2D eigenvalue weighted by molar-refractivity contribution is 8.00. The second kappa shape index (κ2) is 7.65. The van der Waals surface area contributed by atoms with Crippen LogP contribution in [-0.4, -0.2) is 32.7 Å². The molecule has 1 atom stereocenters. The number of H-pyrrole nitrogens is 1. The number of aromatic nitrogens is 3. The average molecular weight is 358 g/mol. The number of carbonyl (C=O) groups is 1. The third-order valence-corrected chi connectivity index (χ3v) is 4.93. The summed E-state index contributed by atoms with van der Waals surface area (Å²) in [6.45, 7) is 4.01. The van der Waals surface area contributed by atoms with Gasteiger partial charge in [-0.05, 0) is 31.0 Å². The summed E-state index contributed by atoms with van der Waals surface area (Å²) in [5, 5.41) is 3.66. The standard InChI is InChI=1S/C18H19FN4OS/c1-3-11(2)23-15(24)9-25-18-17-16(21-10-22-18)14(8-20-17)12-4-6-13(19)7-5-12/h4-8,10-11,20H,3,9H2,1-2H3,(H,23,24)/t11-/m0/s1. The molecule has 2 aromatic heterocycles. The Morgan fingerprint density at radius 2 is 2.08 bits per heavy atom. The fourth-order valence-electron chi connectivity index (χ4n) is 2.43. The molecule has 0 aliphatic carbocycles. The van der Waals surface area contributed by atoms with Crippen molar-refractivity contribution >= 4 is 28.7 Å². The number of nitrogens with zero attached hydrogens (tertiary/aromatic N) is 2. The fourth-order valence-corrected chi connectivity index (χ4v) is 3.20. The summed E-state index contributed by atoms with van der Waals surface area (Å²) < 4.78 is 13.1. The first kappa shape index (κ1) is 17.4. The molecule has 2 heterocycles. The zero-order valence-electron chi connectivity index (χ0n) is 14.0. The molecule has 0 bridgehead atoms. The summed E-state index contributed by atoms with van der Waals surface area (Å²) in [5.74, 6) is -0.000315. The third kappa shape index (κ3) is 3.99. The van der Waals surface area contributed by atoms with E-state index in [0.717, 1.165) is 33.6 Å². The Bertz CT molecular complexity index is 878. The third-order valence-electron chi connectivity index (χ3n) is 3.94. The summed E-state index contributed by atoms with van der Waals surface area (Å²) in [4.78, 5) is 23.8. The predicted octanol–water partition coefficient (Wildman–Crippen LogP) is 3.77. The van der Waals surface area contributed by atoms with Gasteiger partial charge in [-0.2, -0.15) is 0 Å². The fraction of sp³-hybridized carbons (Fsp3) is 0.278. The van der Waals surface area contributed by atoms with Gasteiger partial charge in [-0.25, -0.2) is 14.4 Å². The molecule has 0 radical (unpaired) electrons. The molecule has 0 unspecified atom stereocenters. The number of carbonyl (C=O) groups excluding carboxylic acids is 1. The van der Waals surface area contributed by atoms with Crippen LogP contribution in [0.3, 0.4) is 0 Å². The highest BCUT2D eigenvalue weighted by Crippen LogP contribution is 2.31. The number of fused-ring (bicyclic) bond motifs is 1. The van der Waals surface area contributed by atoms with E-state index in [2.05, 4.69) is 20.3 Å². The van der Waals surface area contributed by atoms with Crippen molar-refractivity contribution in [2.75, 3.05) is 5.75 Å². The van der Waals surface area contributed by atoms with Crippen LogP contribution in [0.2, 0.25) is 0 Å². The minimum Gasteiger partial charge on any atom is -0.357 e. The summed E-state index contributed by atoms with van der Waals surface area (Å²) in [5.41, 5.74) is 3.29. The number of hydrogen-bond donors (Lipinski definition) is 2. The number of nitrogens with one attached hydrogen (secondary N) is 2. The summed E-state index contributed by atoms with van der Waals surface area (Å²) >= 11 is 1.37. The average Bonchev–Trinajstić information content (AvgIpc) is 3.05. The van der Waals surface area contributed by atoms with Crippen LogP contribution in [0.4, 0.5) is 4.39 Å². The molecule has 0 aliphatic rings. The molecule has 0 fully saturated rings. The molecule has 3 aromatic rings. The van der Waals surface area contributed by atoms with Gasteiger partial charge in [-0.1, -0.05) is 30.8 Å². The Kier molecular flexibility index (Phi) is 5.33. The molecular formula is C18H19FN4OS. The van der Waals surface area contributed by atoms with E-state index >= 15 is 0 Å². The van der Waals surface area contributed by atoms with Gasteiger partial charge in [0.15, 0.2) is 0 Å². The number of rotatable bonds is 6. The molecule has 5 nitrogen and oxygen atoms in total. The monoisotopic (exact) mass is 358 g/mol. The quantitative estimate of drug-likeness (QED) is 0.520. The van der Waals surface area contributed by atoms with Crippen molar-refractivity contribution in [3.05, 3.63) is 42.6 Å². The lowest BCUT2D eigenvalue weighted by atomic mass is 10.1. The molecule has 3 rings (SSSR count). The van der Waals surface area contributed by atoms with Crippen LogP contribution in [0.25, 0.3) is 22.2 Å². The van der Waals surface area contributed by atoms with E-state index in [0.29, 0.717) is 5.75 Å². The maximum atomic E-state index is 13.1. The van der Waals surface area contributed by atoms with Crippen LogP contribution in [0.15, 0.2) is 41.8 Å². The van der Waals surface area contributed by atoms with Crippen molar-refractivity contribution in [2.24, 2.45) is 0 Å². The number of halogens is 1. The van der Waals surface area contributed by atoms with Crippen LogP contribution in [0, 0.1) is 5.82 Å². The zero-order chi connectivity index (χ0) is 17.8. The smallest absolute Gasteiger partial charge is 0.230 e.